The molecular formula is C25H25BrN4O2S. The lowest BCUT2D eigenvalue weighted by atomic mass is 10.1. The van der Waals surface area contributed by atoms with Gasteiger partial charge in [-0.2, -0.15) is 5.10 Å². The lowest BCUT2D eigenvalue weighted by molar-refractivity contribution is 0.269. The molecule has 2 N–H and O–H groups in total. The van der Waals surface area contributed by atoms with E-state index in [2.05, 4.69) is 62.7 Å². The number of rotatable bonds is 9. The summed E-state index contributed by atoms with van der Waals surface area (Å²) in [4.78, 5) is 0. The average molecular weight is 525 g/mol. The highest BCUT2D eigenvalue weighted by molar-refractivity contribution is 9.10. The number of nitrogens with zero attached hydrogens (tertiary/aromatic N) is 2. The van der Waals surface area contributed by atoms with Crippen LogP contribution in [0.3, 0.4) is 0 Å². The second kappa shape index (κ2) is 10.7. The molecule has 0 aliphatic carbocycles. The molecule has 0 spiro atoms. The third kappa shape index (κ3) is 5.64. The van der Waals surface area contributed by atoms with E-state index in [1.807, 2.05) is 49.4 Å². The van der Waals surface area contributed by atoms with Crippen LogP contribution in [0, 0.1) is 11.7 Å². The molecule has 170 valence electrons. The van der Waals surface area contributed by atoms with Gasteiger partial charge in [0.1, 0.15) is 6.61 Å². The zero-order valence-electron chi connectivity index (χ0n) is 18.5. The van der Waals surface area contributed by atoms with E-state index in [0.717, 1.165) is 27.0 Å². The number of ether oxygens (including phenoxy) is 2. The topological polar surface area (TPSA) is 64.1 Å². The van der Waals surface area contributed by atoms with E-state index in [1.165, 1.54) is 5.56 Å². The van der Waals surface area contributed by atoms with Crippen molar-refractivity contribution in [1.29, 1.82) is 0 Å². The Morgan fingerprint density at radius 2 is 1.76 bits per heavy atom. The SMILES string of the molecule is CCOc1cc(CNn2c(-c3ccccc3)n[nH]c2=S)c(Br)cc1OCc1ccc(C)cc1. The summed E-state index contributed by atoms with van der Waals surface area (Å²) in [5.41, 5.74) is 7.66. The Kier molecular flexibility index (Phi) is 7.47. The van der Waals surface area contributed by atoms with Crippen molar-refractivity contribution in [3.63, 3.8) is 0 Å². The van der Waals surface area contributed by atoms with Crippen LogP contribution in [0.4, 0.5) is 0 Å². The molecule has 0 bridgehead atoms. The maximum absolute atomic E-state index is 6.09. The van der Waals surface area contributed by atoms with Crippen molar-refractivity contribution in [1.82, 2.24) is 14.9 Å². The van der Waals surface area contributed by atoms with Crippen LogP contribution in [-0.4, -0.2) is 21.5 Å². The van der Waals surface area contributed by atoms with Crippen LogP contribution in [0.5, 0.6) is 11.5 Å². The molecule has 0 atom stereocenters. The first kappa shape index (κ1) is 23.1. The van der Waals surface area contributed by atoms with Gasteiger partial charge in [-0.1, -0.05) is 76.1 Å². The van der Waals surface area contributed by atoms with Gasteiger partial charge < -0.3 is 14.9 Å². The van der Waals surface area contributed by atoms with Crippen molar-refractivity contribution in [2.24, 2.45) is 0 Å². The van der Waals surface area contributed by atoms with Crippen molar-refractivity contribution in [2.45, 2.75) is 27.0 Å². The third-order valence-electron chi connectivity index (χ3n) is 5.06. The largest absolute Gasteiger partial charge is 0.490 e. The highest BCUT2D eigenvalue weighted by Gasteiger charge is 2.13. The second-order valence-corrected chi connectivity index (χ2v) is 8.73. The number of nitrogens with one attached hydrogen (secondary N) is 2. The first-order chi connectivity index (χ1) is 16.0. The summed E-state index contributed by atoms with van der Waals surface area (Å²) in [6, 6.07) is 22.1. The maximum Gasteiger partial charge on any atom is 0.214 e. The molecule has 0 radical (unpaired) electrons. The highest BCUT2D eigenvalue weighted by atomic mass is 79.9. The molecule has 0 aliphatic heterocycles. The summed E-state index contributed by atoms with van der Waals surface area (Å²) in [5, 5.41) is 7.23. The zero-order chi connectivity index (χ0) is 23.2. The first-order valence-corrected chi connectivity index (χ1v) is 11.9. The summed E-state index contributed by atoms with van der Waals surface area (Å²) in [5.74, 6) is 2.11. The van der Waals surface area contributed by atoms with Crippen molar-refractivity contribution in [3.05, 3.63) is 92.7 Å². The molecule has 0 amide bonds. The summed E-state index contributed by atoms with van der Waals surface area (Å²) in [6.45, 7) is 5.55. The molecule has 6 nitrogen and oxygen atoms in total. The van der Waals surface area contributed by atoms with E-state index in [0.29, 0.717) is 36.0 Å². The lowest BCUT2D eigenvalue weighted by Crippen LogP contribution is -2.16. The van der Waals surface area contributed by atoms with Crippen LogP contribution in [0.2, 0.25) is 0 Å². The summed E-state index contributed by atoms with van der Waals surface area (Å²) < 4.78 is 15.1. The van der Waals surface area contributed by atoms with Gasteiger partial charge in [0, 0.05) is 10.0 Å². The molecule has 4 rings (SSSR count). The normalized spacial score (nSPS) is 10.8. The molecular weight excluding hydrogens is 500 g/mol. The van der Waals surface area contributed by atoms with E-state index in [9.17, 15) is 0 Å². The second-order valence-electron chi connectivity index (χ2n) is 7.49. The van der Waals surface area contributed by atoms with E-state index < -0.39 is 0 Å². The Labute approximate surface area is 206 Å². The minimum absolute atomic E-state index is 0.467. The third-order valence-corrected chi connectivity index (χ3v) is 6.07. The molecule has 1 aromatic heterocycles. The molecule has 4 aromatic rings. The van der Waals surface area contributed by atoms with E-state index >= 15 is 0 Å². The Morgan fingerprint density at radius 1 is 1.03 bits per heavy atom. The molecule has 1 heterocycles. The van der Waals surface area contributed by atoms with Crippen molar-refractivity contribution >= 4 is 28.1 Å². The van der Waals surface area contributed by atoms with Crippen LogP contribution in [-0.2, 0) is 13.2 Å². The molecule has 8 heteroatoms. The Balaban J connectivity index is 1.53. The number of aromatic amines is 1. The number of hydrogen-bond acceptors (Lipinski definition) is 5. The molecule has 0 fully saturated rings. The molecule has 0 saturated carbocycles. The fourth-order valence-electron chi connectivity index (χ4n) is 3.33. The quantitative estimate of drug-likeness (QED) is 0.248. The van der Waals surface area contributed by atoms with Gasteiger partial charge >= 0.3 is 0 Å². The van der Waals surface area contributed by atoms with Gasteiger partial charge in [0.05, 0.1) is 13.2 Å². The number of aromatic nitrogens is 3. The van der Waals surface area contributed by atoms with Crippen molar-refractivity contribution in [2.75, 3.05) is 12.0 Å². The summed E-state index contributed by atoms with van der Waals surface area (Å²) >= 11 is 9.10. The molecule has 0 saturated heterocycles. The number of benzene rings is 3. The first-order valence-electron chi connectivity index (χ1n) is 10.7. The minimum atomic E-state index is 0.467. The Hall–Kier alpha value is -3.10. The standard InChI is InChI=1S/C25H25BrN4O2S/c1-3-31-22-13-20(21(26)14-23(22)32-16-18-11-9-17(2)10-12-18)15-27-30-24(28-29-25(30)33)19-7-5-4-6-8-19/h4-14,27H,3,15-16H2,1-2H3,(H,29,33). The summed E-state index contributed by atoms with van der Waals surface area (Å²) in [7, 11) is 0. The van der Waals surface area contributed by atoms with Crippen LogP contribution in [0.25, 0.3) is 11.4 Å². The van der Waals surface area contributed by atoms with Gasteiger partial charge in [0.2, 0.25) is 4.77 Å². The van der Waals surface area contributed by atoms with Crippen molar-refractivity contribution in [3.8, 4) is 22.9 Å². The monoisotopic (exact) mass is 524 g/mol. The fourth-order valence-corrected chi connectivity index (χ4v) is 3.99. The Bertz CT molecular complexity index is 1270. The molecule has 3 aromatic carbocycles. The van der Waals surface area contributed by atoms with Gasteiger partial charge in [0.25, 0.3) is 0 Å². The van der Waals surface area contributed by atoms with Gasteiger partial charge in [0.15, 0.2) is 17.3 Å². The van der Waals surface area contributed by atoms with Crippen LogP contribution in [0.1, 0.15) is 23.6 Å². The Morgan fingerprint density at radius 3 is 2.48 bits per heavy atom. The van der Waals surface area contributed by atoms with Gasteiger partial charge in [-0.15, -0.1) is 0 Å². The van der Waals surface area contributed by atoms with Gasteiger partial charge in [-0.05, 0) is 49.3 Å². The van der Waals surface area contributed by atoms with Crippen LogP contribution >= 0.6 is 28.1 Å². The average Bonchev–Trinajstić information content (AvgIpc) is 3.20. The number of halogens is 1. The lowest BCUT2D eigenvalue weighted by Gasteiger charge is -2.16. The predicted octanol–water partition coefficient (Wildman–Crippen LogP) is 6.40. The molecule has 0 aliphatic rings. The van der Waals surface area contributed by atoms with Gasteiger partial charge in [-0.25, -0.2) is 9.77 Å². The zero-order valence-corrected chi connectivity index (χ0v) is 20.9. The molecule has 33 heavy (non-hydrogen) atoms. The smallest absolute Gasteiger partial charge is 0.214 e. The van der Waals surface area contributed by atoms with Crippen LogP contribution < -0.4 is 14.9 Å². The number of hydrogen-bond donors (Lipinski definition) is 2. The van der Waals surface area contributed by atoms with E-state index in [-0.39, 0.29) is 0 Å². The highest BCUT2D eigenvalue weighted by Crippen LogP contribution is 2.34. The maximum atomic E-state index is 6.09. The van der Waals surface area contributed by atoms with E-state index in [4.69, 9.17) is 21.7 Å². The molecule has 0 unspecified atom stereocenters. The minimum Gasteiger partial charge on any atom is -0.490 e. The van der Waals surface area contributed by atoms with Gasteiger partial charge in [-0.3, -0.25) is 0 Å². The van der Waals surface area contributed by atoms with Crippen molar-refractivity contribution < 1.29 is 9.47 Å². The van der Waals surface area contributed by atoms with Crippen LogP contribution in [0.15, 0.2) is 71.2 Å². The predicted molar refractivity (Wildman–Crippen MR) is 137 cm³/mol. The number of H-pyrrole nitrogens is 1. The number of aryl methyl sites for hydroxylation is 1. The fraction of sp³-hybridized carbons (Fsp3) is 0.200. The van der Waals surface area contributed by atoms with E-state index in [1.54, 1.807) is 4.68 Å². The summed E-state index contributed by atoms with van der Waals surface area (Å²) in [6.07, 6.45) is 0.